The molecule has 0 radical (unpaired) electrons. The van der Waals surface area contributed by atoms with E-state index in [-0.39, 0.29) is 34.0 Å². The fourth-order valence-corrected chi connectivity index (χ4v) is 5.27. The molecule has 0 atom stereocenters. The van der Waals surface area contributed by atoms with Crippen LogP contribution in [0.15, 0.2) is 35.4 Å². The number of sulfonamides is 1. The molecule has 8 nitrogen and oxygen atoms in total. The first-order valence-electron chi connectivity index (χ1n) is 9.42. The Bertz CT molecular complexity index is 965. The fourth-order valence-electron chi connectivity index (χ4n) is 3.45. The highest BCUT2D eigenvalue weighted by Crippen LogP contribution is 2.29. The number of rotatable bonds is 6. The lowest BCUT2D eigenvalue weighted by Crippen LogP contribution is -2.38. The molecule has 1 amide bonds. The van der Waals surface area contributed by atoms with E-state index in [2.05, 4.69) is 20.4 Å². The smallest absolute Gasteiger partial charge is 0.273 e. The number of carbonyl (C=O) groups is 1. The van der Waals surface area contributed by atoms with Crippen molar-refractivity contribution >= 4 is 27.5 Å². The summed E-state index contributed by atoms with van der Waals surface area (Å²) in [5.74, 6) is -0.185. The van der Waals surface area contributed by atoms with Crippen molar-refractivity contribution in [2.75, 3.05) is 0 Å². The monoisotopic (exact) mass is 423 g/mol. The van der Waals surface area contributed by atoms with E-state index in [9.17, 15) is 13.2 Å². The molecule has 4 rings (SSSR count). The van der Waals surface area contributed by atoms with Crippen LogP contribution in [-0.2, 0) is 10.0 Å². The van der Waals surface area contributed by atoms with Crippen molar-refractivity contribution in [1.82, 2.24) is 25.0 Å². The van der Waals surface area contributed by atoms with Gasteiger partial charge in [-0.25, -0.2) is 17.8 Å². The third-order valence-electron chi connectivity index (χ3n) is 5.17. The SMILES string of the molecule is O=C(NC1CC1)c1cn(C2CCC(NS(=O)(=O)c3ccccc3Cl)CC2)nn1. The van der Waals surface area contributed by atoms with Gasteiger partial charge in [0.2, 0.25) is 10.0 Å². The van der Waals surface area contributed by atoms with E-state index in [1.54, 1.807) is 29.1 Å². The highest BCUT2D eigenvalue weighted by molar-refractivity contribution is 7.89. The standard InChI is InChI=1S/C18H22ClN5O3S/c19-15-3-1-2-4-17(15)28(26,27)22-13-7-9-14(10-8-13)24-11-16(21-23-24)18(25)20-12-5-6-12/h1-4,11-14,22H,5-10H2,(H,20,25). The van der Waals surface area contributed by atoms with Crippen LogP contribution >= 0.6 is 11.6 Å². The first-order chi connectivity index (χ1) is 13.4. The average molecular weight is 424 g/mol. The predicted molar refractivity (Wildman–Crippen MR) is 104 cm³/mol. The van der Waals surface area contributed by atoms with Crippen molar-refractivity contribution < 1.29 is 13.2 Å². The molecule has 0 unspecified atom stereocenters. The molecule has 2 N–H and O–H groups in total. The Morgan fingerprint density at radius 3 is 2.43 bits per heavy atom. The Kier molecular flexibility index (Phi) is 5.39. The van der Waals surface area contributed by atoms with Crippen molar-refractivity contribution in [3.05, 3.63) is 41.2 Å². The van der Waals surface area contributed by atoms with Crippen LogP contribution in [-0.4, -0.2) is 41.4 Å². The van der Waals surface area contributed by atoms with Crippen LogP contribution in [0.5, 0.6) is 0 Å². The second-order valence-electron chi connectivity index (χ2n) is 7.39. The fraction of sp³-hybridized carbons (Fsp3) is 0.500. The number of nitrogens with zero attached hydrogens (tertiary/aromatic N) is 3. The number of aromatic nitrogens is 3. The number of nitrogens with one attached hydrogen (secondary N) is 2. The Hall–Kier alpha value is -1.97. The molecule has 0 aliphatic heterocycles. The molecular weight excluding hydrogens is 402 g/mol. The van der Waals surface area contributed by atoms with Gasteiger partial charge in [-0.3, -0.25) is 4.79 Å². The normalized spacial score (nSPS) is 22.8. The number of halogens is 1. The maximum atomic E-state index is 12.6. The van der Waals surface area contributed by atoms with E-state index in [1.165, 1.54) is 6.07 Å². The third-order valence-corrected chi connectivity index (χ3v) is 7.19. The summed E-state index contributed by atoms with van der Waals surface area (Å²) in [6, 6.07) is 6.64. The zero-order chi connectivity index (χ0) is 19.7. The van der Waals surface area contributed by atoms with Crippen LogP contribution in [0.3, 0.4) is 0 Å². The van der Waals surface area contributed by atoms with Gasteiger partial charge in [-0.1, -0.05) is 28.9 Å². The molecule has 2 aliphatic rings. The Balaban J connectivity index is 1.34. The molecule has 2 aliphatic carbocycles. The van der Waals surface area contributed by atoms with Crippen molar-refractivity contribution in [2.45, 2.75) is 61.5 Å². The molecule has 28 heavy (non-hydrogen) atoms. The molecule has 2 fully saturated rings. The molecular formula is C18H22ClN5O3S. The first kappa shape index (κ1) is 19.4. The lowest BCUT2D eigenvalue weighted by atomic mass is 9.92. The van der Waals surface area contributed by atoms with Gasteiger partial charge in [-0.2, -0.15) is 0 Å². The van der Waals surface area contributed by atoms with Crippen LogP contribution < -0.4 is 10.0 Å². The quantitative estimate of drug-likeness (QED) is 0.741. The summed E-state index contributed by atoms with van der Waals surface area (Å²) in [4.78, 5) is 12.1. The molecule has 1 aromatic carbocycles. The van der Waals surface area contributed by atoms with E-state index >= 15 is 0 Å². The van der Waals surface area contributed by atoms with Crippen molar-refractivity contribution in [3.8, 4) is 0 Å². The predicted octanol–water partition coefficient (Wildman–Crippen LogP) is 2.29. The second kappa shape index (κ2) is 7.81. The summed E-state index contributed by atoms with van der Waals surface area (Å²) in [5, 5.41) is 11.2. The highest BCUT2D eigenvalue weighted by atomic mass is 35.5. The number of benzene rings is 1. The molecule has 2 saturated carbocycles. The Labute approximate surface area is 168 Å². The molecule has 10 heteroatoms. The van der Waals surface area contributed by atoms with Gasteiger partial charge in [0.15, 0.2) is 5.69 Å². The van der Waals surface area contributed by atoms with Crippen LogP contribution in [0.4, 0.5) is 0 Å². The van der Waals surface area contributed by atoms with Crippen molar-refractivity contribution in [3.63, 3.8) is 0 Å². The summed E-state index contributed by atoms with van der Waals surface area (Å²) in [7, 11) is -3.66. The second-order valence-corrected chi connectivity index (χ2v) is 9.48. The van der Waals surface area contributed by atoms with Crippen molar-refractivity contribution in [2.24, 2.45) is 0 Å². The average Bonchev–Trinajstić information content (AvgIpc) is 3.34. The third kappa shape index (κ3) is 4.37. The summed E-state index contributed by atoms with van der Waals surface area (Å²) in [5.41, 5.74) is 0.327. The maximum Gasteiger partial charge on any atom is 0.273 e. The minimum atomic E-state index is -3.66. The van der Waals surface area contributed by atoms with E-state index in [0.29, 0.717) is 18.5 Å². The Morgan fingerprint density at radius 1 is 1.07 bits per heavy atom. The van der Waals surface area contributed by atoms with Crippen molar-refractivity contribution in [1.29, 1.82) is 0 Å². The zero-order valence-corrected chi connectivity index (χ0v) is 16.8. The molecule has 0 saturated heterocycles. The van der Waals surface area contributed by atoms with Gasteiger partial charge in [-0.05, 0) is 50.7 Å². The lowest BCUT2D eigenvalue weighted by Gasteiger charge is -2.28. The number of amides is 1. The minimum Gasteiger partial charge on any atom is -0.348 e. The minimum absolute atomic E-state index is 0.0985. The van der Waals surface area contributed by atoms with E-state index in [4.69, 9.17) is 11.6 Å². The molecule has 0 bridgehead atoms. The van der Waals surface area contributed by atoms with Gasteiger partial charge >= 0.3 is 0 Å². The number of carbonyl (C=O) groups excluding carboxylic acids is 1. The van der Waals surface area contributed by atoms with E-state index < -0.39 is 10.0 Å². The Morgan fingerprint density at radius 2 is 1.75 bits per heavy atom. The van der Waals surface area contributed by atoms with Gasteiger partial charge in [-0.15, -0.1) is 5.10 Å². The molecule has 2 aromatic rings. The molecule has 1 aromatic heterocycles. The van der Waals surface area contributed by atoms with Gasteiger partial charge in [0.1, 0.15) is 4.90 Å². The van der Waals surface area contributed by atoms with Gasteiger partial charge < -0.3 is 5.32 Å². The summed E-state index contributed by atoms with van der Waals surface area (Å²) >= 11 is 6.02. The van der Waals surface area contributed by atoms with E-state index in [0.717, 1.165) is 25.7 Å². The highest BCUT2D eigenvalue weighted by Gasteiger charge is 2.29. The van der Waals surface area contributed by atoms with Crippen LogP contribution in [0.25, 0.3) is 0 Å². The van der Waals surface area contributed by atoms with E-state index in [1.807, 2.05) is 0 Å². The summed E-state index contributed by atoms with van der Waals surface area (Å²) in [6.07, 6.45) is 6.58. The summed E-state index contributed by atoms with van der Waals surface area (Å²) in [6.45, 7) is 0. The number of hydrogen-bond acceptors (Lipinski definition) is 5. The molecule has 0 spiro atoms. The molecule has 1 heterocycles. The topological polar surface area (TPSA) is 106 Å². The molecule has 150 valence electrons. The number of hydrogen-bond donors (Lipinski definition) is 2. The van der Waals surface area contributed by atoms with Gasteiger partial charge in [0, 0.05) is 12.1 Å². The largest absolute Gasteiger partial charge is 0.348 e. The first-order valence-corrected chi connectivity index (χ1v) is 11.3. The van der Waals surface area contributed by atoms with Gasteiger partial charge in [0.05, 0.1) is 17.3 Å². The van der Waals surface area contributed by atoms with Crippen LogP contribution in [0.1, 0.15) is 55.1 Å². The maximum absolute atomic E-state index is 12.6. The van der Waals surface area contributed by atoms with Gasteiger partial charge in [0.25, 0.3) is 5.91 Å². The van der Waals surface area contributed by atoms with Crippen LogP contribution in [0.2, 0.25) is 5.02 Å². The van der Waals surface area contributed by atoms with Crippen LogP contribution in [0, 0.1) is 0 Å². The lowest BCUT2D eigenvalue weighted by molar-refractivity contribution is 0.0946. The zero-order valence-electron chi connectivity index (χ0n) is 15.2. The summed E-state index contributed by atoms with van der Waals surface area (Å²) < 4.78 is 29.6.